The van der Waals surface area contributed by atoms with Gasteiger partial charge in [-0.1, -0.05) is 31.9 Å². The molecule has 0 heterocycles. The average Bonchev–Trinajstić information content (AvgIpc) is 3.07. The van der Waals surface area contributed by atoms with Crippen LogP contribution in [0.25, 0.3) is 0 Å². The zero-order valence-electron chi connectivity index (χ0n) is 12.5. The predicted octanol–water partition coefficient (Wildman–Crippen LogP) is 3.16. The van der Waals surface area contributed by atoms with E-state index in [1.165, 1.54) is 12.8 Å². The van der Waals surface area contributed by atoms with E-state index in [9.17, 15) is 9.59 Å². The standard InChI is InChI=1S/C18H22O2/c1-17(2)10-4-5-18(17,3)16-9-6-8(13(10)16)14-11(19)7-12(20)15(9)14/h8-10,14-15H,4-7H2,1-3H3/t8-,9+,10+,14+,15+,18-/m1/s1. The Morgan fingerprint density at radius 1 is 1.00 bits per heavy atom. The summed E-state index contributed by atoms with van der Waals surface area (Å²) in [6.07, 6.45) is 3.92. The van der Waals surface area contributed by atoms with E-state index in [1.54, 1.807) is 11.1 Å². The van der Waals surface area contributed by atoms with Crippen molar-refractivity contribution in [3.63, 3.8) is 0 Å². The van der Waals surface area contributed by atoms with E-state index in [4.69, 9.17) is 0 Å². The molecular weight excluding hydrogens is 248 g/mol. The maximum Gasteiger partial charge on any atom is 0.144 e. The summed E-state index contributed by atoms with van der Waals surface area (Å²) in [5.74, 6) is 2.19. The van der Waals surface area contributed by atoms with Gasteiger partial charge in [0.15, 0.2) is 0 Å². The van der Waals surface area contributed by atoms with Crippen molar-refractivity contribution in [3.8, 4) is 0 Å². The van der Waals surface area contributed by atoms with E-state index in [1.807, 2.05) is 0 Å². The first-order valence-corrected chi connectivity index (χ1v) is 8.18. The van der Waals surface area contributed by atoms with Gasteiger partial charge in [0.2, 0.25) is 0 Å². The van der Waals surface area contributed by atoms with Gasteiger partial charge >= 0.3 is 0 Å². The Hall–Kier alpha value is -0.920. The Balaban J connectivity index is 1.71. The molecule has 20 heavy (non-hydrogen) atoms. The molecule has 5 aliphatic carbocycles. The number of carbonyl (C=O) groups excluding carboxylic acids is 2. The monoisotopic (exact) mass is 270 g/mol. The van der Waals surface area contributed by atoms with E-state index in [0.717, 1.165) is 6.42 Å². The number of rotatable bonds is 0. The fraction of sp³-hybridized carbons (Fsp3) is 0.778. The molecule has 0 unspecified atom stereocenters. The topological polar surface area (TPSA) is 34.1 Å². The number of Topliss-reactive ketones (excluding diaryl/α,β-unsaturated/α-hetero) is 2. The lowest BCUT2D eigenvalue weighted by molar-refractivity contribution is -0.123. The fourth-order valence-corrected chi connectivity index (χ4v) is 7.06. The van der Waals surface area contributed by atoms with Crippen LogP contribution in [0.1, 0.15) is 46.5 Å². The molecule has 0 amide bonds. The zero-order chi connectivity index (χ0) is 14.0. The van der Waals surface area contributed by atoms with Crippen molar-refractivity contribution in [1.82, 2.24) is 0 Å². The van der Waals surface area contributed by atoms with Crippen LogP contribution in [-0.2, 0) is 9.59 Å². The molecule has 3 saturated carbocycles. The second-order valence-electron chi connectivity index (χ2n) is 8.62. The number of allylic oxidation sites excluding steroid dienone is 2. The Morgan fingerprint density at radius 2 is 1.65 bits per heavy atom. The van der Waals surface area contributed by atoms with Crippen molar-refractivity contribution in [2.75, 3.05) is 0 Å². The van der Waals surface area contributed by atoms with Gasteiger partial charge in [-0.2, -0.15) is 0 Å². The Labute approximate surface area is 120 Å². The van der Waals surface area contributed by atoms with Crippen molar-refractivity contribution in [1.29, 1.82) is 0 Å². The first-order valence-electron chi connectivity index (χ1n) is 8.18. The molecular formula is C18H22O2. The SMILES string of the molecule is CC1(C)[C@H]2CC[C@]1(C)C1=C2[C@H]2C[C@H]1[C@H]1C(=O)CC(=O)[C@@H]12. The number of hydrogen-bond acceptors (Lipinski definition) is 2. The summed E-state index contributed by atoms with van der Waals surface area (Å²) in [5.41, 5.74) is 3.92. The quantitative estimate of drug-likeness (QED) is 0.385. The van der Waals surface area contributed by atoms with E-state index in [2.05, 4.69) is 20.8 Å². The predicted molar refractivity (Wildman–Crippen MR) is 74.8 cm³/mol. The molecule has 0 aromatic carbocycles. The third kappa shape index (κ3) is 0.899. The molecule has 0 N–H and O–H groups in total. The molecule has 2 heteroatoms. The van der Waals surface area contributed by atoms with Crippen LogP contribution in [0.15, 0.2) is 11.1 Å². The summed E-state index contributed by atoms with van der Waals surface area (Å²) in [7, 11) is 0. The van der Waals surface area contributed by atoms with E-state index in [-0.39, 0.29) is 29.8 Å². The summed E-state index contributed by atoms with van der Waals surface area (Å²) < 4.78 is 0. The molecule has 5 rings (SSSR count). The van der Waals surface area contributed by atoms with Crippen LogP contribution in [-0.4, -0.2) is 11.6 Å². The second kappa shape index (κ2) is 2.98. The summed E-state index contributed by atoms with van der Waals surface area (Å²) in [4.78, 5) is 24.5. The van der Waals surface area contributed by atoms with Crippen LogP contribution in [0, 0.1) is 40.4 Å². The minimum atomic E-state index is 0.0678. The van der Waals surface area contributed by atoms with E-state index < -0.39 is 0 Å². The smallest absolute Gasteiger partial charge is 0.144 e. The van der Waals surface area contributed by atoms with Crippen molar-refractivity contribution >= 4 is 11.6 Å². The molecule has 2 nitrogen and oxygen atoms in total. The van der Waals surface area contributed by atoms with Gasteiger partial charge in [0.1, 0.15) is 11.6 Å². The van der Waals surface area contributed by atoms with Crippen LogP contribution in [0.5, 0.6) is 0 Å². The largest absolute Gasteiger partial charge is 0.299 e. The number of ketones is 2. The van der Waals surface area contributed by atoms with Crippen molar-refractivity contribution < 1.29 is 9.59 Å². The summed E-state index contributed by atoms with van der Waals surface area (Å²) in [5, 5.41) is 0. The highest BCUT2D eigenvalue weighted by molar-refractivity contribution is 6.10. The van der Waals surface area contributed by atoms with Gasteiger partial charge in [-0.25, -0.2) is 0 Å². The van der Waals surface area contributed by atoms with Gasteiger partial charge in [-0.3, -0.25) is 9.59 Å². The van der Waals surface area contributed by atoms with Crippen LogP contribution >= 0.6 is 0 Å². The molecule has 0 aliphatic heterocycles. The molecule has 0 saturated heterocycles. The zero-order valence-corrected chi connectivity index (χ0v) is 12.5. The van der Waals surface area contributed by atoms with Crippen LogP contribution in [0.3, 0.4) is 0 Å². The molecule has 106 valence electrons. The second-order valence-corrected chi connectivity index (χ2v) is 8.62. The molecule has 0 aromatic rings. The van der Waals surface area contributed by atoms with Gasteiger partial charge in [0.05, 0.1) is 6.42 Å². The van der Waals surface area contributed by atoms with Gasteiger partial charge in [0.25, 0.3) is 0 Å². The number of carbonyl (C=O) groups is 2. The number of hydrogen-bond donors (Lipinski definition) is 0. The lowest BCUT2D eigenvalue weighted by atomic mass is 9.63. The van der Waals surface area contributed by atoms with Gasteiger partial charge in [-0.05, 0) is 47.8 Å². The highest BCUT2D eigenvalue weighted by atomic mass is 16.2. The summed E-state index contributed by atoms with van der Waals surface area (Å²) in [6.45, 7) is 7.27. The fourth-order valence-electron chi connectivity index (χ4n) is 7.06. The molecule has 0 radical (unpaired) electrons. The normalized spacial score (nSPS) is 54.0. The lowest BCUT2D eigenvalue weighted by Gasteiger charge is -2.40. The molecule has 6 atom stereocenters. The lowest BCUT2D eigenvalue weighted by Crippen LogP contribution is -2.34. The minimum Gasteiger partial charge on any atom is -0.299 e. The highest BCUT2D eigenvalue weighted by Crippen LogP contribution is 2.77. The van der Waals surface area contributed by atoms with Gasteiger partial charge < -0.3 is 0 Å². The molecule has 5 aliphatic rings. The maximum absolute atomic E-state index is 12.3. The van der Waals surface area contributed by atoms with Gasteiger partial charge in [0, 0.05) is 11.8 Å². The molecule has 0 spiro atoms. The Kier molecular flexibility index (Phi) is 1.74. The third-order valence-electron chi connectivity index (χ3n) is 8.13. The Bertz CT molecular complexity index is 611. The van der Waals surface area contributed by atoms with Gasteiger partial charge in [-0.15, -0.1) is 0 Å². The third-order valence-corrected chi connectivity index (χ3v) is 8.13. The molecule has 3 fully saturated rings. The first kappa shape index (κ1) is 11.7. The van der Waals surface area contributed by atoms with Crippen molar-refractivity contribution in [2.24, 2.45) is 40.4 Å². The van der Waals surface area contributed by atoms with Crippen LogP contribution in [0.4, 0.5) is 0 Å². The van der Waals surface area contributed by atoms with Crippen LogP contribution in [0.2, 0.25) is 0 Å². The molecule has 0 aromatic heterocycles. The minimum absolute atomic E-state index is 0.0678. The maximum atomic E-state index is 12.3. The number of fused-ring (bicyclic) bond motifs is 11. The van der Waals surface area contributed by atoms with E-state index in [0.29, 0.717) is 28.6 Å². The first-order chi connectivity index (χ1) is 9.38. The summed E-state index contributed by atoms with van der Waals surface area (Å²) >= 11 is 0. The highest BCUT2D eigenvalue weighted by Gasteiger charge is 2.71. The van der Waals surface area contributed by atoms with E-state index >= 15 is 0 Å². The average molecular weight is 270 g/mol. The summed E-state index contributed by atoms with van der Waals surface area (Å²) in [6, 6.07) is 0. The van der Waals surface area contributed by atoms with Crippen molar-refractivity contribution in [2.45, 2.75) is 46.5 Å². The van der Waals surface area contributed by atoms with Crippen molar-refractivity contribution in [3.05, 3.63) is 11.1 Å². The van der Waals surface area contributed by atoms with Crippen LogP contribution < -0.4 is 0 Å². The Morgan fingerprint density at radius 3 is 2.35 bits per heavy atom. The molecule has 4 bridgehead atoms.